The fourth-order valence-electron chi connectivity index (χ4n) is 1.96. The second-order valence-corrected chi connectivity index (χ2v) is 5.53. The zero-order valence-electron chi connectivity index (χ0n) is 11.7. The van der Waals surface area contributed by atoms with Crippen molar-refractivity contribution in [2.45, 2.75) is 27.2 Å². The van der Waals surface area contributed by atoms with Gasteiger partial charge in [-0.3, -0.25) is 0 Å². The van der Waals surface area contributed by atoms with Gasteiger partial charge in [-0.2, -0.15) is 4.68 Å². The van der Waals surface area contributed by atoms with E-state index in [4.69, 9.17) is 5.73 Å². The van der Waals surface area contributed by atoms with E-state index in [0.717, 1.165) is 17.9 Å². The van der Waals surface area contributed by atoms with Crippen LogP contribution in [0, 0.1) is 11.3 Å². The molecule has 0 spiro atoms. The van der Waals surface area contributed by atoms with Crippen LogP contribution in [0.5, 0.6) is 0 Å². The van der Waals surface area contributed by atoms with Gasteiger partial charge in [0, 0.05) is 6.42 Å². The summed E-state index contributed by atoms with van der Waals surface area (Å²) in [6.07, 6.45) is 0.767. The molecule has 0 bridgehead atoms. The summed E-state index contributed by atoms with van der Waals surface area (Å²) in [6.45, 7) is 7.17. The number of aromatic nitrogens is 4. The van der Waals surface area contributed by atoms with Crippen LogP contribution in [-0.4, -0.2) is 26.8 Å². The van der Waals surface area contributed by atoms with Gasteiger partial charge in [0.25, 0.3) is 0 Å². The molecule has 0 saturated carbocycles. The minimum atomic E-state index is 0.00123. The Balaban J connectivity index is 2.31. The summed E-state index contributed by atoms with van der Waals surface area (Å²) in [5.41, 5.74) is 6.91. The third kappa shape index (κ3) is 2.81. The third-order valence-corrected chi connectivity index (χ3v) is 3.96. The van der Waals surface area contributed by atoms with Crippen LogP contribution < -0.4 is 5.73 Å². The number of benzene rings is 1. The number of nitrogens with two attached hydrogens (primary N) is 1. The van der Waals surface area contributed by atoms with Gasteiger partial charge >= 0.3 is 0 Å². The van der Waals surface area contributed by atoms with Gasteiger partial charge in [0.2, 0.25) is 0 Å². The van der Waals surface area contributed by atoms with Gasteiger partial charge in [0.15, 0.2) is 5.82 Å². The van der Waals surface area contributed by atoms with E-state index in [2.05, 4.69) is 36.3 Å². The Hall–Kier alpha value is -1.75. The number of rotatable bonds is 5. The van der Waals surface area contributed by atoms with Crippen molar-refractivity contribution in [2.24, 2.45) is 17.1 Å². The Labute approximate surface area is 113 Å². The van der Waals surface area contributed by atoms with Crippen molar-refractivity contribution in [3.05, 3.63) is 36.2 Å². The summed E-state index contributed by atoms with van der Waals surface area (Å²) < 4.78 is 1.79. The van der Waals surface area contributed by atoms with Gasteiger partial charge in [-0.1, -0.05) is 39.0 Å². The van der Waals surface area contributed by atoms with Crippen molar-refractivity contribution in [2.75, 3.05) is 6.54 Å². The van der Waals surface area contributed by atoms with E-state index >= 15 is 0 Å². The Kier molecular flexibility index (Phi) is 3.95. The summed E-state index contributed by atoms with van der Waals surface area (Å²) in [5, 5.41) is 12.0. The molecule has 0 radical (unpaired) electrons. The monoisotopic (exact) mass is 259 g/mol. The molecule has 0 fully saturated rings. The summed E-state index contributed by atoms with van der Waals surface area (Å²) in [7, 11) is 0. The molecule has 19 heavy (non-hydrogen) atoms. The highest BCUT2D eigenvalue weighted by molar-refractivity contribution is 5.30. The second kappa shape index (κ2) is 5.48. The summed E-state index contributed by atoms with van der Waals surface area (Å²) in [4.78, 5) is 0. The summed E-state index contributed by atoms with van der Waals surface area (Å²) in [5.74, 6) is 1.33. The molecular formula is C14H21N5. The molecular weight excluding hydrogens is 238 g/mol. The maximum Gasteiger partial charge on any atom is 0.157 e. The zero-order valence-corrected chi connectivity index (χ0v) is 11.7. The topological polar surface area (TPSA) is 69.6 Å². The Morgan fingerprint density at radius 2 is 1.95 bits per heavy atom. The minimum absolute atomic E-state index is 0.00123. The molecule has 5 nitrogen and oxygen atoms in total. The fourth-order valence-corrected chi connectivity index (χ4v) is 1.96. The molecule has 1 atom stereocenters. The van der Waals surface area contributed by atoms with E-state index in [1.807, 2.05) is 30.3 Å². The molecule has 2 N–H and O–H groups in total. The van der Waals surface area contributed by atoms with E-state index in [1.54, 1.807) is 4.68 Å². The highest BCUT2D eigenvalue weighted by Gasteiger charge is 2.29. The molecule has 0 aliphatic carbocycles. The third-order valence-electron chi connectivity index (χ3n) is 3.96. The Morgan fingerprint density at radius 3 is 2.53 bits per heavy atom. The van der Waals surface area contributed by atoms with E-state index in [-0.39, 0.29) is 5.41 Å². The minimum Gasteiger partial charge on any atom is -0.330 e. The van der Waals surface area contributed by atoms with Crippen molar-refractivity contribution >= 4 is 0 Å². The van der Waals surface area contributed by atoms with Crippen LogP contribution in [0.4, 0.5) is 0 Å². The van der Waals surface area contributed by atoms with Crippen LogP contribution >= 0.6 is 0 Å². The molecule has 0 amide bonds. The first-order chi connectivity index (χ1) is 9.07. The number of nitrogens with zero attached hydrogens (tertiary/aromatic N) is 4. The highest BCUT2D eigenvalue weighted by Crippen LogP contribution is 2.29. The van der Waals surface area contributed by atoms with Crippen LogP contribution in [0.3, 0.4) is 0 Å². The van der Waals surface area contributed by atoms with Crippen molar-refractivity contribution in [1.29, 1.82) is 0 Å². The summed E-state index contributed by atoms with van der Waals surface area (Å²) >= 11 is 0. The maximum atomic E-state index is 5.94. The Bertz CT molecular complexity index is 520. The SMILES string of the molecule is CC(C)C(C)(CN)Cc1nnnn1-c1ccccc1. The maximum absolute atomic E-state index is 5.94. The predicted octanol–water partition coefficient (Wildman–Crippen LogP) is 1.83. The second-order valence-electron chi connectivity index (χ2n) is 5.53. The normalized spacial score (nSPS) is 14.6. The molecule has 2 rings (SSSR count). The smallest absolute Gasteiger partial charge is 0.157 e. The lowest BCUT2D eigenvalue weighted by Crippen LogP contribution is -2.35. The Morgan fingerprint density at radius 1 is 1.26 bits per heavy atom. The summed E-state index contributed by atoms with van der Waals surface area (Å²) in [6, 6.07) is 9.92. The number of tetrazole rings is 1. The molecule has 1 heterocycles. The molecule has 2 aromatic rings. The largest absolute Gasteiger partial charge is 0.330 e. The van der Waals surface area contributed by atoms with Crippen molar-refractivity contribution < 1.29 is 0 Å². The predicted molar refractivity (Wildman–Crippen MR) is 74.9 cm³/mol. The van der Waals surface area contributed by atoms with Crippen molar-refractivity contribution in [3.8, 4) is 5.69 Å². The molecule has 0 aliphatic heterocycles. The van der Waals surface area contributed by atoms with Crippen LogP contribution in [-0.2, 0) is 6.42 Å². The van der Waals surface area contributed by atoms with Gasteiger partial charge in [-0.25, -0.2) is 0 Å². The molecule has 5 heteroatoms. The molecule has 1 unspecified atom stereocenters. The van der Waals surface area contributed by atoms with Gasteiger partial charge < -0.3 is 5.73 Å². The lowest BCUT2D eigenvalue weighted by molar-refractivity contribution is 0.221. The average molecular weight is 259 g/mol. The number of hydrogen-bond donors (Lipinski definition) is 1. The molecule has 1 aromatic carbocycles. The van der Waals surface area contributed by atoms with Crippen molar-refractivity contribution in [3.63, 3.8) is 0 Å². The average Bonchev–Trinajstić information content (AvgIpc) is 2.87. The first-order valence-corrected chi connectivity index (χ1v) is 6.59. The molecule has 1 aromatic heterocycles. The highest BCUT2D eigenvalue weighted by atomic mass is 15.5. The fraction of sp³-hybridized carbons (Fsp3) is 0.500. The van der Waals surface area contributed by atoms with E-state index in [0.29, 0.717) is 12.5 Å². The lowest BCUT2D eigenvalue weighted by Gasteiger charge is -2.31. The molecule has 102 valence electrons. The van der Waals surface area contributed by atoms with E-state index in [9.17, 15) is 0 Å². The van der Waals surface area contributed by atoms with Crippen LogP contribution in [0.1, 0.15) is 26.6 Å². The lowest BCUT2D eigenvalue weighted by atomic mass is 9.76. The van der Waals surface area contributed by atoms with E-state index in [1.165, 1.54) is 0 Å². The quantitative estimate of drug-likeness (QED) is 0.889. The van der Waals surface area contributed by atoms with Gasteiger partial charge in [0.05, 0.1) is 5.69 Å². The molecule has 0 saturated heterocycles. The van der Waals surface area contributed by atoms with Crippen LogP contribution in [0.2, 0.25) is 0 Å². The van der Waals surface area contributed by atoms with Crippen LogP contribution in [0.25, 0.3) is 5.69 Å². The van der Waals surface area contributed by atoms with E-state index < -0.39 is 0 Å². The standard InChI is InChI=1S/C14H21N5/c1-11(2)14(3,10-15)9-13-16-17-18-19(13)12-7-5-4-6-8-12/h4-8,11H,9-10,15H2,1-3H3. The number of para-hydroxylation sites is 1. The first kappa shape index (κ1) is 13.7. The van der Waals surface area contributed by atoms with Gasteiger partial charge in [-0.05, 0) is 40.4 Å². The zero-order chi connectivity index (χ0) is 13.9. The first-order valence-electron chi connectivity index (χ1n) is 6.59. The van der Waals surface area contributed by atoms with Crippen molar-refractivity contribution in [1.82, 2.24) is 20.2 Å². The number of hydrogen-bond acceptors (Lipinski definition) is 4. The molecule has 0 aliphatic rings. The van der Waals surface area contributed by atoms with Gasteiger partial charge in [-0.15, -0.1) is 5.10 Å². The van der Waals surface area contributed by atoms with Gasteiger partial charge in [0.1, 0.15) is 0 Å². The van der Waals surface area contributed by atoms with Crippen LogP contribution in [0.15, 0.2) is 30.3 Å².